The number of likely N-dealkylation sites (tertiary alicyclic amines) is 1. The van der Waals surface area contributed by atoms with Crippen molar-refractivity contribution in [1.29, 1.82) is 0 Å². The first-order valence-electron chi connectivity index (χ1n) is 14.2. The highest BCUT2D eigenvalue weighted by Gasteiger charge is 2.38. The number of unbranched alkanes of at least 4 members (excludes halogenated alkanes) is 1. The fourth-order valence-corrected chi connectivity index (χ4v) is 5.03. The molecule has 0 unspecified atom stereocenters. The van der Waals surface area contributed by atoms with Gasteiger partial charge in [0.15, 0.2) is 0 Å². The summed E-state index contributed by atoms with van der Waals surface area (Å²) in [7, 11) is 3.18. The first-order valence-corrected chi connectivity index (χ1v) is 14.2. The molecule has 0 aromatic heterocycles. The number of hydrogen-bond acceptors (Lipinski definition) is 8. The lowest BCUT2D eigenvalue weighted by molar-refractivity contribution is -0.146. The largest absolute Gasteiger partial charge is 0.481 e. The number of nitrogens with zero attached hydrogens (tertiary/aromatic N) is 1. The van der Waals surface area contributed by atoms with Gasteiger partial charge in [-0.25, -0.2) is 4.79 Å². The van der Waals surface area contributed by atoms with Crippen molar-refractivity contribution in [2.24, 2.45) is 11.7 Å². The van der Waals surface area contributed by atoms with Crippen LogP contribution in [0.4, 0.5) is 0 Å². The number of nitrogens with one attached hydrogen (secondary N) is 3. The molecule has 0 radical (unpaired) electrons. The van der Waals surface area contributed by atoms with E-state index in [1.807, 2.05) is 13.8 Å². The minimum absolute atomic E-state index is 0.0304. The average molecular weight is 572 g/mol. The van der Waals surface area contributed by atoms with Crippen LogP contribution in [0, 0.1) is 5.92 Å². The molecule has 1 rings (SSSR count). The van der Waals surface area contributed by atoms with Crippen molar-refractivity contribution in [3.05, 3.63) is 0 Å². The van der Waals surface area contributed by atoms with E-state index in [1.165, 1.54) is 7.11 Å². The minimum Gasteiger partial charge on any atom is -0.481 e. The number of methoxy groups -OCH3 is 1. The van der Waals surface area contributed by atoms with Crippen LogP contribution in [0.5, 0.6) is 0 Å². The normalized spacial score (nSPS) is 19.5. The van der Waals surface area contributed by atoms with Crippen LogP contribution in [-0.4, -0.2) is 102 Å². The molecule has 0 aliphatic carbocycles. The van der Waals surface area contributed by atoms with E-state index in [4.69, 9.17) is 10.5 Å². The zero-order chi connectivity index (χ0) is 30.2. The first kappa shape index (κ1) is 35.3. The second-order valence-corrected chi connectivity index (χ2v) is 10.8. The molecule has 230 valence electrons. The number of hydrogen-bond donors (Lipinski definition) is 6. The molecule has 3 amide bonds. The Morgan fingerprint density at radius 1 is 1.00 bits per heavy atom. The highest BCUT2D eigenvalue weighted by molar-refractivity contribution is 5.90. The fraction of sp³-hybridized carbons (Fsp3) is 0.815. The molecule has 1 aliphatic heterocycles. The Bertz CT molecular complexity index is 840. The highest BCUT2D eigenvalue weighted by Crippen LogP contribution is 2.25. The third kappa shape index (κ3) is 12.2. The lowest BCUT2D eigenvalue weighted by Gasteiger charge is -2.42. The quantitative estimate of drug-likeness (QED) is 0.118. The van der Waals surface area contributed by atoms with Gasteiger partial charge in [0.05, 0.1) is 18.2 Å². The fourth-order valence-electron chi connectivity index (χ4n) is 5.03. The molecule has 7 N–H and O–H groups in total. The summed E-state index contributed by atoms with van der Waals surface area (Å²) < 4.78 is 5.64. The van der Waals surface area contributed by atoms with Crippen LogP contribution >= 0.6 is 0 Å². The van der Waals surface area contributed by atoms with E-state index in [9.17, 15) is 34.2 Å². The maximum absolute atomic E-state index is 13.8. The number of likely N-dealkylation sites (N-methyl/N-ethyl adjacent to an activating group) is 1. The Balaban J connectivity index is 3.04. The molecule has 0 aromatic carbocycles. The van der Waals surface area contributed by atoms with Crippen LogP contribution in [0.3, 0.4) is 0 Å². The predicted molar refractivity (Wildman–Crippen MR) is 148 cm³/mol. The number of nitrogens with two attached hydrogens (primary N) is 1. The molecule has 40 heavy (non-hydrogen) atoms. The molecule has 0 spiro atoms. The number of rotatable bonds is 19. The Hall–Kier alpha value is -2.77. The van der Waals surface area contributed by atoms with E-state index in [0.717, 1.165) is 0 Å². The number of carbonyl (C=O) groups is 5. The SMILES string of the molecule is CN[C@H](CC(C)C)C(=O)N[C@@H](CCC(=O)O)C(=O)N1CCC[C@@H](OC)[C@H]1CCC(=O)N[C@@H](CCCCN)C(=O)O. The lowest BCUT2D eigenvalue weighted by Crippen LogP contribution is -2.59. The van der Waals surface area contributed by atoms with Crippen LogP contribution in [-0.2, 0) is 28.7 Å². The van der Waals surface area contributed by atoms with E-state index >= 15 is 0 Å². The summed E-state index contributed by atoms with van der Waals surface area (Å²) in [4.78, 5) is 63.9. The van der Waals surface area contributed by atoms with Gasteiger partial charge < -0.3 is 41.5 Å². The number of aliphatic carboxylic acids is 2. The third-order valence-corrected chi connectivity index (χ3v) is 7.18. The molecule has 1 fully saturated rings. The molecule has 13 heteroatoms. The first-order chi connectivity index (χ1) is 18.9. The number of carboxylic acid groups (broad SMARTS) is 2. The van der Waals surface area contributed by atoms with Gasteiger partial charge in [0.25, 0.3) is 0 Å². The zero-order valence-corrected chi connectivity index (χ0v) is 24.3. The van der Waals surface area contributed by atoms with Crippen LogP contribution in [0.25, 0.3) is 0 Å². The molecular weight excluding hydrogens is 522 g/mol. The van der Waals surface area contributed by atoms with Crippen LogP contribution < -0.4 is 21.7 Å². The van der Waals surface area contributed by atoms with E-state index < -0.39 is 47.9 Å². The van der Waals surface area contributed by atoms with Crippen LogP contribution in [0.1, 0.15) is 78.1 Å². The number of amides is 3. The molecule has 1 heterocycles. The Morgan fingerprint density at radius 2 is 1.70 bits per heavy atom. The van der Waals surface area contributed by atoms with E-state index in [-0.39, 0.29) is 50.0 Å². The summed E-state index contributed by atoms with van der Waals surface area (Å²) in [6, 6.07) is -3.13. The van der Waals surface area contributed by atoms with Gasteiger partial charge in [0, 0.05) is 26.5 Å². The van der Waals surface area contributed by atoms with Crippen LogP contribution in [0.2, 0.25) is 0 Å². The summed E-state index contributed by atoms with van der Waals surface area (Å²) in [5.41, 5.74) is 5.47. The topological polar surface area (TPSA) is 200 Å². The summed E-state index contributed by atoms with van der Waals surface area (Å²) in [5.74, 6) is -3.24. The Labute approximate surface area is 236 Å². The average Bonchev–Trinajstić information content (AvgIpc) is 2.91. The van der Waals surface area contributed by atoms with Gasteiger partial charge in [-0.3, -0.25) is 19.2 Å². The number of piperidine rings is 1. The number of carboxylic acids is 2. The van der Waals surface area contributed by atoms with Crippen molar-refractivity contribution < 1.29 is 38.9 Å². The molecule has 13 nitrogen and oxygen atoms in total. The van der Waals surface area contributed by atoms with Gasteiger partial charge in [0.1, 0.15) is 12.1 Å². The summed E-state index contributed by atoms with van der Waals surface area (Å²) >= 11 is 0. The Kier molecular flexibility index (Phi) is 16.4. The van der Waals surface area contributed by atoms with E-state index in [1.54, 1.807) is 11.9 Å². The van der Waals surface area contributed by atoms with Crippen molar-refractivity contribution in [3.63, 3.8) is 0 Å². The van der Waals surface area contributed by atoms with Crippen LogP contribution in [0.15, 0.2) is 0 Å². The van der Waals surface area contributed by atoms with Crippen molar-refractivity contribution in [3.8, 4) is 0 Å². The van der Waals surface area contributed by atoms with Gasteiger partial charge in [-0.05, 0) is 70.9 Å². The molecule has 0 bridgehead atoms. The maximum atomic E-state index is 13.8. The lowest BCUT2D eigenvalue weighted by atomic mass is 9.93. The maximum Gasteiger partial charge on any atom is 0.326 e. The van der Waals surface area contributed by atoms with Crippen molar-refractivity contribution in [2.45, 2.75) is 108 Å². The van der Waals surface area contributed by atoms with Crippen molar-refractivity contribution in [1.82, 2.24) is 20.9 Å². The molecule has 5 atom stereocenters. The zero-order valence-electron chi connectivity index (χ0n) is 24.3. The van der Waals surface area contributed by atoms with E-state index in [0.29, 0.717) is 45.2 Å². The Morgan fingerprint density at radius 3 is 2.25 bits per heavy atom. The third-order valence-electron chi connectivity index (χ3n) is 7.18. The molecule has 1 aliphatic rings. The summed E-state index contributed by atoms with van der Waals surface area (Å²) in [6.07, 6.45) is 2.76. The van der Waals surface area contributed by atoms with Gasteiger partial charge in [-0.1, -0.05) is 13.8 Å². The minimum atomic E-state index is -1.12. The van der Waals surface area contributed by atoms with E-state index in [2.05, 4.69) is 16.0 Å². The number of carbonyl (C=O) groups excluding carboxylic acids is 3. The second-order valence-electron chi connectivity index (χ2n) is 10.8. The number of ether oxygens (including phenoxy) is 1. The van der Waals surface area contributed by atoms with Crippen molar-refractivity contribution >= 4 is 29.7 Å². The van der Waals surface area contributed by atoms with Gasteiger partial charge >= 0.3 is 11.9 Å². The molecule has 1 saturated heterocycles. The summed E-state index contributed by atoms with van der Waals surface area (Å²) in [6.45, 7) is 4.75. The predicted octanol–water partition coefficient (Wildman–Crippen LogP) is 0.455. The highest BCUT2D eigenvalue weighted by atomic mass is 16.5. The van der Waals surface area contributed by atoms with Gasteiger partial charge in [-0.15, -0.1) is 0 Å². The smallest absolute Gasteiger partial charge is 0.326 e. The molecular formula is C27H49N5O8. The van der Waals surface area contributed by atoms with Gasteiger partial charge in [0.2, 0.25) is 17.7 Å². The standard InChI is InChI=1S/C27H49N5O8/c1-17(2)16-20(29-3)25(36)31-18(10-13-24(34)35)26(37)32-15-7-9-22(40-4)21(32)11-12-23(33)30-19(27(38)39)8-5-6-14-28/h17-22,29H,5-16,28H2,1-4H3,(H,30,33)(H,31,36)(H,34,35)(H,38,39)/t18-,19-,20+,21+,22+/m0/s1. The summed E-state index contributed by atoms with van der Waals surface area (Å²) in [5, 5.41) is 27.0. The molecule has 0 saturated carbocycles. The van der Waals surface area contributed by atoms with Gasteiger partial charge in [-0.2, -0.15) is 0 Å². The second kappa shape index (κ2) is 18.6. The van der Waals surface area contributed by atoms with Crippen molar-refractivity contribution in [2.75, 3.05) is 27.2 Å². The molecule has 0 aromatic rings. The monoisotopic (exact) mass is 571 g/mol.